The Bertz CT molecular complexity index is 856. The first-order valence-corrected chi connectivity index (χ1v) is 7.87. The van der Waals surface area contributed by atoms with Gasteiger partial charge in [-0.05, 0) is 30.3 Å². The average Bonchev–Trinajstić information content (AvgIpc) is 3.05. The second kappa shape index (κ2) is 7.22. The van der Waals surface area contributed by atoms with Crippen molar-refractivity contribution in [2.75, 3.05) is 11.1 Å². The molecule has 0 saturated carbocycles. The minimum Gasteiger partial charge on any atom is -0.403 e. The van der Waals surface area contributed by atoms with Crippen molar-refractivity contribution in [1.29, 1.82) is 0 Å². The normalized spacial score (nSPS) is 10.6. The Labute approximate surface area is 140 Å². The molecule has 3 aromatic rings. The maximum absolute atomic E-state index is 13.5. The molecule has 24 heavy (non-hydrogen) atoms. The summed E-state index contributed by atoms with van der Waals surface area (Å²) in [5, 5.41) is 9.98. The molecule has 0 aliphatic rings. The zero-order chi connectivity index (χ0) is 16.9. The van der Waals surface area contributed by atoms with Gasteiger partial charge in [-0.1, -0.05) is 23.3 Å². The van der Waals surface area contributed by atoms with E-state index >= 15 is 0 Å². The second-order valence-electron chi connectivity index (χ2n) is 4.69. The predicted octanol–water partition coefficient (Wildman–Crippen LogP) is 3.75. The summed E-state index contributed by atoms with van der Waals surface area (Å²) in [5.74, 6) is -1.47. The zero-order valence-electron chi connectivity index (χ0n) is 12.2. The number of thioether (sulfide) groups is 1. The summed E-state index contributed by atoms with van der Waals surface area (Å²) in [6.45, 7) is 0. The highest BCUT2D eigenvalue weighted by molar-refractivity contribution is 8.00. The molecule has 0 saturated heterocycles. The highest BCUT2D eigenvalue weighted by Gasteiger charge is 2.12. The van der Waals surface area contributed by atoms with Crippen molar-refractivity contribution < 1.29 is 18.0 Å². The van der Waals surface area contributed by atoms with Crippen molar-refractivity contribution in [3.8, 4) is 11.5 Å². The average molecular weight is 347 g/mol. The first-order valence-electron chi connectivity index (χ1n) is 6.88. The maximum atomic E-state index is 13.5. The van der Waals surface area contributed by atoms with Gasteiger partial charge in [0.2, 0.25) is 11.8 Å². The van der Waals surface area contributed by atoms with Gasteiger partial charge in [-0.3, -0.25) is 10.1 Å². The molecule has 0 unspecified atom stereocenters. The van der Waals surface area contributed by atoms with E-state index in [9.17, 15) is 13.6 Å². The van der Waals surface area contributed by atoms with Crippen molar-refractivity contribution in [3.05, 3.63) is 60.2 Å². The van der Waals surface area contributed by atoms with Crippen molar-refractivity contribution in [2.24, 2.45) is 0 Å². The zero-order valence-corrected chi connectivity index (χ0v) is 13.0. The number of benzene rings is 2. The third-order valence-electron chi connectivity index (χ3n) is 2.94. The number of carbonyl (C=O) groups excluding carboxylic acids is 1. The number of amides is 1. The molecule has 1 aromatic heterocycles. The van der Waals surface area contributed by atoms with Crippen LogP contribution in [0.2, 0.25) is 0 Å². The Hall–Kier alpha value is -2.74. The predicted molar refractivity (Wildman–Crippen MR) is 85.4 cm³/mol. The number of aromatic nitrogens is 2. The second-order valence-corrected chi connectivity index (χ2v) is 5.71. The summed E-state index contributed by atoms with van der Waals surface area (Å²) in [4.78, 5) is 11.9. The third kappa shape index (κ3) is 3.96. The molecule has 3 rings (SSSR count). The number of nitrogens with one attached hydrogen (secondary N) is 1. The first kappa shape index (κ1) is 16.1. The highest BCUT2D eigenvalue weighted by Crippen LogP contribution is 2.23. The molecule has 2 aromatic carbocycles. The molecule has 1 N–H and O–H groups in total. The van der Waals surface area contributed by atoms with E-state index in [2.05, 4.69) is 15.5 Å². The SMILES string of the molecule is O=C(CSc1cc(F)ccc1F)Nc1nnc(-c2ccccc2)o1. The molecule has 0 spiro atoms. The molecule has 1 amide bonds. The van der Waals surface area contributed by atoms with Crippen LogP contribution in [0.1, 0.15) is 0 Å². The Morgan fingerprint density at radius 1 is 1.12 bits per heavy atom. The van der Waals surface area contributed by atoms with Crippen LogP contribution >= 0.6 is 11.8 Å². The van der Waals surface area contributed by atoms with E-state index < -0.39 is 17.5 Å². The van der Waals surface area contributed by atoms with Crippen molar-refractivity contribution in [1.82, 2.24) is 10.2 Å². The van der Waals surface area contributed by atoms with E-state index in [4.69, 9.17) is 4.42 Å². The van der Waals surface area contributed by atoms with E-state index in [1.54, 1.807) is 12.1 Å². The van der Waals surface area contributed by atoms with E-state index in [-0.39, 0.29) is 22.6 Å². The van der Waals surface area contributed by atoms with Gasteiger partial charge in [0, 0.05) is 10.5 Å². The lowest BCUT2D eigenvalue weighted by molar-refractivity contribution is -0.113. The maximum Gasteiger partial charge on any atom is 0.322 e. The van der Waals surface area contributed by atoms with Crippen LogP contribution in [0.5, 0.6) is 0 Å². The molecular weight excluding hydrogens is 336 g/mol. The van der Waals surface area contributed by atoms with Crippen LogP contribution in [-0.2, 0) is 4.79 Å². The molecule has 122 valence electrons. The number of carbonyl (C=O) groups is 1. The molecule has 1 heterocycles. The van der Waals surface area contributed by atoms with Crippen LogP contribution in [0.4, 0.5) is 14.8 Å². The van der Waals surface area contributed by atoms with Crippen LogP contribution in [0.15, 0.2) is 57.8 Å². The Morgan fingerprint density at radius 3 is 2.71 bits per heavy atom. The van der Waals surface area contributed by atoms with Gasteiger partial charge >= 0.3 is 6.01 Å². The van der Waals surface area contributed by atoms with Crippen molar-refractivity contribution >= 4 is 23.7 Å². The third-order valence-corrected chi connectivity index (χ3v) is 3.97. The monoisotopic (exact) mass is 347 g/mol. The van der Waals surface area contributed by atoms with E-state index in [0.717, 1.165) is 35.5 Å². The Morgan fingerprint density at radius 2 is 1.92 bits per heavy atom. The summed E-state index contributed by atoms with van der Waals surface area (Å²) < 4.78 is 31.9. The lowest BCUT2D eigenvalue weighted by Gasteiger charge is -2.03. The van der Waals surface area contributed by atoms with Crippen LogP contribution in [-0.4, -0.2) is 21.9 Å². The number of hydrogen-bond donors (Lipinski definition) is 1. The molecule has 5 nitrogen and oxygen atoms in total. The summed E-state index contributed by atoms with van der Waals surface area (Å²) in [7, 11) is 0. The van der Waals surface area contributed by atoms with Crippen LogP contribution in [0.25, 0.3) is 11.5 Å². The Balaban J connectivity index is 1.59. The van der Waals surface area contributed by atoms with Gasteiger partial charge in [-0.2, -0.15) is 0 Å². The Kier molecular flexibility index (Phi) is 4.85. The first-order chi connectivity index (χ1) is 11.6. The standard InChI is InChI=1S/C16H11F2N3O2S/c17-11-6-7-12(18)13(8-11)24-9-14(22)19-16-21-20-15(23-16)10-4-2-1-3-5-10/h1-8H,9H2,(H,19,21,22). The van der Waals surface area contributed by atoms with Gasteiger partial charge in [0.25, 0.3) is 0 Å². The van der Waals surface area contributed by atoms with Crippen molar-refractivity contribution in [2.45, 2.75) is 4.90 Å². The minimum atomic E-state index is -0.585. The lowest BCUT2D eigenvalue weighted by Crippen LogP contribution is -2.14. The molecule has 0 fully saturated rings. The van der Waals surface area contributed by atoms with E-state index in [1.807, 2.05) is 18.2 Å². The fourth-order valence-electron chi connectivity index (χ4n) is 1.86. The number of nitrogens with zero attached hydrogens (tertiary/aromatic N) is 2. The van der Waals surface area contributed by atoms with E-state index in [0.29, 0.717) is 0 Å². The molecule has 0 bridgehead atoms. The van der Waals surface area contributed by atoms with Gasteiger partial charge in [-0.25, -0.2) is 8.78 Å². The fourth-order valence-corrected chi connectivity index (χ4v) is 2.62. The highest BCUT2D eigenvalue weighted by atomic mass is 32.2. The van der Waals surface area contributed by atoms with Crippen LogP contribution in [0.3, 0.4) is 0 Å². The van der Waals surface area contributed by atoms with Crippen molar-refractivity contribution in [3.63, 3.8) is 0 Å². The lowest BCUT2D eigenvalue weighted by atomic mass is 10.2. The summed E-state index contributed by atoms with van der Waals surface area (Å²) in [6.07, 6.45) is 0. The molecule has 0 radical (unpaired) electrons. The van der Waals surface area contributed by atoms with Gasteiger partial charge in [-0.15, -0.1) is 16.9 Å². The molecule has 0 atom stereocenters. The summed E-state index contributed by atoms with van der Waals surface area (Å²) >= 11 is 0.875. The van der Waals surface area contributed by atoms with Gasteiger partial charge in [0.15, 0.2) is 0 Å². The van der Waals surface area contributed by atoms with Gasteiger partial charge in [0.05, 0.1) is 5.75 Å². The van der Waals surface area contributed by atoms with Crippen LogP contribution in [0, 0.1) is 11.6 Å². The molecule has 0 aliphatic carbocycles. The van der Waals surface area contributed by atoms with Gasteiger partial charge in [0.1, 0.15) is 11.6 Å². The molecule has 0 aliphatic heterocycles. The van der Waals surface area contributed by atoms with Crippen LogP contribution < -0.4 is 5.32 Å². The summed E-state index contributed by atoms with van der Waals surface area (Å²) in [5.41, 5.74) is 0.724. The molecule has 8 heteroatoms. The summed E-state index contributed by atoms with van der Waals surface area (Å²) in [6, 6.07) is 12.1. The number of hydrogen-bond acceptors (Lipinski definition) is 5. The quantitative estimate of drug-likeness (QED) is 0.712. The number of halogens is 2. The fraction of sp³-hybridized carbons (Fsp3) is 0.0625. The van der Waals surface area contributed by atoms with Gasteiger partial charge < -0.3 is 4.42 Å². The minimum absolute atomic E-state index is 0.0562. The number of anilines is 1. The molecular formula is C16H11F2N3O2S. The smallest absolute Gasteiger partial charge is 0.322 e. The largest absolute Gasteiger partial charge is 0.403 e. The number of rotatable bonds is 5. The van der Waals surface area contributed by atoms with E-state index in [1.165, 1.54) is 0 Å². The topological polar surface area (TPSA) is 68.0 Å².